The number of hydrogen-bond acceptors (Lipinski definition) is 4. The lowest BCUT2D eigenvalue weighted by atomic mass is 9.84. The summed E-state index contributed by atoms with van der Waals surface area (Å²) in [5, 5.41) is 0. The quantitative estimate of drug-likeness (QED) is 0.870. The van der Waals surface area contributed by atoms with Gasteiger partial charge in [-0.15, -0.1) is 0 Å². The van der Waals surface area contributed by atoms with E-state index < -0.39 is 0 Å². The predicted octanol–water partition coefficient (Wildman–Crippen LogP) is 2.46. The fourth-order valence-electron chi connectivity index (χ4n) is 2.64. The number of methoxy groups -OCH3 is 1. The van der Waals surface area contributed by atoms with Gasteiger partial charge in [0, 0.05) is 12.4 Å². The number of nitrogens with zero attached hydrogens (tertiary/aromatic N) is 2. The summed E-state index contributed by atoms with van der Waals surface area (Å²) in [7, 11) is 1.61. The zero-order valence-electron chi connectivity index (χ0n) is 10.4. The fourth-order valence-corrected chi connectivity index (χ4v) is 2.64. The van der Waals surface area contributed by atoms with Gasteiger partial charge in [0.2, 0.25) is 5.88 Å². The highest BCUT2D eigenvalue weighted by Gasteiger charge is 2.21. The Labute approximate surface area is 103 Å². The van der Waals surface area contributed by atoms with Gasteiger partial charge in [0.25, 0.3) is 0 Å². The Bertz CT molecular complexity index is 350. The van der Waals surface area contributed by atoms with Crippen LogP contribution < -0.4 is 10.5 Å². The van der Waals surface area contributed by atoms with Crippen LogP contribution in [-0.2, 0) is 0 Å². The van der Waals surface area contributed by atoms with Gasteiger partial charge in [-0.25, -0.2) is 4.98 Å². The minimum atomic E-state index is -0.0539. The van der Waals surface area contributed by atoms with Gasteiger partial charge in [0.05, 0.1) is 13.2 Å². The second-order valence-corrected chi connectivity index (χ2v) is 4.80. The van der Waals surface area contributed by atoms with Gasteiger partial charge in [0.15, 0.2) is 0 Å². The van der Waals surface area contributed by atoms with Gasteiger partial charge in [-0.1, -0.05) is 32.1 Å². The second kappa shape index (κ2) is 5.96. The van der Waals surface area contributed by atoms with Crippen molar-refractivity contribution in [3.63, 3.8) is 0 Å². The van der Waals surface area contributed by atoms with E-state index in [2.05, 4.69) is 9.97 Å². The van der Waals surface area contributed by atoms with Crippen LogP contribution in [0.25, 0.3) is 0 Å². The number of hydrogen-bond donors (Lipinski definition) is 1. The normalized spacial score (nSPS) is 18.9. The molecule has 0 spiro atoms. The van der Waals surface area contributed by atoms with E-state index in [1.54, 1.807) is 19.5 Å². The first-order valence-corrected chi connectivity index (χ1v) is 6.41. The Morgan fingerprint density at radius 2 is 2.00 bits per heavy atom. The summed E-state index contributed by atoms with van der Waals surface area (Å²) >= 11 is 0. The number of ether oxygens (including phenoxy) is 1. The third kappa shape index (κ3) is 3.16. The molecular formula is C13H21N3O. The van der Waals surface area contributed by atoms with Crippen molar-refractivity contribution >= 4 is 0 Å². The van der Waals surface area contributed by atoms with E-state index in [0.29, 0.717) is 5.88 Å². The molecule has 0 saturated heterocycles. The molecule has 1 heterocycles. The first-order valence-electron chi connectivity index (χ1n) is 6.41. The van der Waals surface area contributed by atoms with Crippen LogP contribution in [-0.4, -0.2) is 17.1 Å². The van der Waals surface area contributed by atoms with Crippen molar-refractivity contribution in [3.8, 4) is 5.88 Å². The van der Waals surface area contributed by atoms with Crippen LogP contribution in [0, 0.1) is 5.92 Å². The molecule has 1 atom stereocenters. The molecule has 1 aliphatic carbocycles. The van der Waals surface area contributed by atoms with E-state index in [0.717, 1.165) is 18.0 Å². The molecular weight excluding hydrogens is 214 g/mol. The van der Waals surface area contributed by atoms with E-state index in [-0.39, 0.29) is 6.04 Å². The minimum absolute atomic E-state index is 0.0539. The Kier molecular flexibility index (Phi) is 4.31. The van der Waals surface area contributed by atoms with E-state index in [1.165, 1.54) is 32.1 Å². The molecule has 0 amide bonds. The van der Waals surface area contributed by atoms with E-state index in [4.69, 9.17) is 10.5 Å². The molecule has 1 aromatic rings. The topological polar surface area (TPSA) is 61.0 Å². The zero-order valence-corrected chi connectivity index (χ0v) is 10.4. The molecule has 94 valence electrons. The number of aromatic nitrogens is 2. The molecule has 0 bridgehead atoms. The maximum Gasteiger partial charge on any atom is 0.236 e. The van der Waals surface area contributed by atoms with Crippen molar-refractivity contribution in [2.24, 2.45) is 11.7 Å². The van der Waals surface area contributed by atoms with Crippen molar-refractivity contribution in [1.82, 2.24) is 9.97 Å². The number of rotatable bonds is 4. The summed E-state index contributed by atoms with van der Waals surface area (Å²) in [5.41, 5.74) is 7.01. The van der Waals surface area contributed by atoms with Crippen molar-refractivity contribution in [1.29, 1.82) is 0 Å². The first kappa shape index (κ1) is 12.3. The lowest BCUT2D eigenvalue weighted by Gasteiger charge is -2.24. The van der Waals surface area contributed by atoms with Crippen LogP contribution >= 0.6 is 0 Å². The molecule has 1 fully saturated rings. The van der Waals surface area contributed by atoms with Crippen molar-refractivity contribution in [2.45, 2.75) is 44.6 Å². The van der Waals surface area contributed by atoms with E-state index in [9.17, 15) is 0 Å². The fraction of sp³-hybridized carbons (Fsp3) is 0.692. The van der Waals surface area contributed by atoms with Gasteiger partial charge < -0.3 is 10.5 Å². The minimum Gasteiger partial charge on any atom is -0.480 e. The smallest absolute Gasteiger partial charge is 0.236 e. The Balaban J connectivity index is 2.00. The summed E-state index contributed by atoms with van der Waals surface area (Å²) < 4.78 is 5.20. The molecule has 1 aliphatic rings. The molecule has 4 nitrogen and oxygen atoms in total. The monoisotopic (exact) mass is 235 g/mol. The van der Waals surface area contributed by atoms with Gasteiger partial charge in [-0.05, 0) is 12.3 Å². The highest BCUT2D eigenvalue weighted by atomic mass is 16.5. The van der Waals surface area contributed by atoms with Crippen molar-refractivity contribution in [2.75, 3.05) is 7.11 Å². The molecule has 2 N–H and O–H groups in total. The van der Waals surface area contributed by atoms with E-state index >= 15 is 0 Å². The van der Waals surface area contributed by atoms with Crippen LogP contribution in [0.15, 0.2) is 12.4 Å². The molecule has 0 radical (unpaired) electrons. The third-order valence-electron chi connectivity index (χ3n) is 3.55. The standard InChI is InChI=1S/C13H21N3O/c1-17-13-12(15-7-8-16-13)11(14)9-10-5-3-2-4-6-10/h7-8,10-11H,2-6,9,14H2,1H3. The second-order valence-electron chi connectivity index (χ2n) is 4.80. The lowest BCUT2D eigenvalue weighted by Crippen LogP contribution is -2.19. The van der Waals surface area contributed by atoms with Crippen LogP contribution in [0.3, 0.4) is 0 Å². The molecule has 1 saturated carbocycles. The molecule has 0 aromatic carbocycles. The van der Waals surface area contributed by atoms with Crippen molar-refractivity contribution in [3.05, 3.63) is 18.1 Å². The molecule has 4 heteroatoms. The third-order valence-corrected chi connectivity index (χ3v) is 3.55. The Morgan fingerprint density at radius 3 is 2.71 bits per heavy atom. The van der Waals surface area contributed by atoms with Crippen LogP contribution in [0.1, 0.15) is 50.3 Å². The van der Waals surface area contributed by atoms with E-state index in [1.807, 2.05) is 0 Å². The first-order chi connectivity index (χ1) is 8.31. The number of nitrogens with two attached hydrogens (primary N) is 1. The van der Waals surface area contributed by atoms with Crippen molar-refractivity contribution < 1.29 is 4.74 Å². The molecule has 2 rings (SSSR count). The SMILES string of the molecule is COc1nccnc1C(N)CC1CCCCC1. The zero-order chi connectivity index (χ0) is 12.1. The Hall–Kier alpha value is -1.16. The summed E-state index contributed by atoms with van der Waals surface area (Å²) in [6.07, 6.45) is 11.0. The van der Waals surface area contributed by atoms with Gasteiger partial charge in [-0.3, -0.25) is 4.98 Å². The van der Waals surface area contributed by atoms with Crippen LogP contribution in [0.5, 0.6) is 5.88 Å². The highest BCUT2D eigenvalue weighted by molar-refractivity contribution is 5.20. The Morgan fingerprint density at radius 1 is 1.29 bits per heavy atom. The van der Waals surface area contributed by atoms with Gasteiger partial charge in [0.1, 0.15) is 5.69 Å². The van der Waals surface area contributed by atoms with Crippen LogP contribution in [0.4, 0.5) is 0 Å². The summed E-state index contributed by atoms with van der Waals surface area (Å²) in [6.45, 7) is 0. The lowest BCUT2D eigenvalue weighted by molar-refractivity contribution is 0.311. The van der Waals surface area contributed by atoms with Gasteiger partial charge >= 0.3 is 0 Å². The molecule has 1 aromatic heterocycles. The molecule has 1 unspecified atom stereocenters. The van der Waals surface area contributed by atoms with Crippen LogP contribution in [0.2, 0.25) is 0 Å². The summed E-state index contributed by atoms with van der Waals surface area (Å²) in [4.78, 5) is 8.45. The summed E-state index contributed by atoms with van der Waals surface area (Å²) in [5.74, 6) is 1.31. The predicted molar refractivity (Wildman–Crippen MR) is 66.7 cm³/mol. The maximum atomic E-state index is 6.22. The van der Waals surface area contributed by atoms with Gasteiger partial charge in [-0.2, -0.15) is 0 Å². The average molecular weight is 235 g/mol. The maximum absolute atomic E-state index is 6.22. The summed E-state index contributed by atoms with van der Waals surface area (Å²) in [6, 6.07) is -0.0539. The molecule has 17 heavy (non-hydrogen) atoms. The molecule has 0 aliphatic heterocycles. The largest absolute Gasteiger partial charge is 0.480 e. The highest BCUT2D eigenvalue weighted by Crippen LogP contribution is 2.31. The average Bonchev–Trinajstić information content (AvgIpc) is 2.40.